The lowest BCUT2D eigenvalue weighted by Gasteiger charge is -2.23. The van der Waals surface area contributed by atoms with Crippen LogP contribution in [0.2, 0.25) is 0 Å². The molecule has 0 aliphatic carbocycles. The minimum atomic E-state index is -1.62. The van der Waals surface area contributed by atoms with Crippen molar-refractivity contribution in [2.45, 2.75) is 12.4 Å². The molecule has 0 spiro atoms. The van der Waals surface area contributed by atoms with E-state index in [1.165, 1.54) is 26.4 Å². The summed E-state index contributed by atoms with van der Waals surface area (Å²) in [6, 6.07) is 10.9. The van der Waals surface area contributed by atoms with E-state index in [4.69, 9.17) is 29.8 Å². The van der Waals surface area contributed by atoms with E-state index in [2.05, 4.69) is 0 Å². The summed E-state index contributed by atoms with van der Waals surface area (Å²) < 4.78 is 21.5. The summed E-state index contributed by atoms with van der Waals surface area (Å²) >= 11 is 0. The van der Waals surface area contributed by atoms with Crippen LogP contribution in [0.4, 0.5) is 0 Å². The first kappa shape index (κ1) is 21.0. The Labute approximate surface area is 161 Å². The van der Waals surface area contributed by atoms with Gasteiger partial charge < -0.3 is 34.9 Å². The molecule has 2 atom stereocenters. The SMILES string of the molecule is COc1cc(OC)cc(OC(OCC(=O)O)c2ccccc2C(O)C(N)=O)c1. The molecule has 2 unspecified atom stereocenters. The molecule has 0 radical (unpaired) electrons. The Morgan fingerprint density at radius 3 is 2.04 bits per heavy atom. The molecule has 0 saturated carbocycles. The molecular weight excluding hydrogens is 370 g/mol. The minimum Gasteiger partial charge on any atom is -0.496 e. The summed E-state index contributed by atoms with van der Waals surface area (Å²) in [7, 11) is 2.94. The van der Waals surface area contributed by atoms with Crippen molar-refractivity contribution in [2.75, 3.05) is 20.8 Å². The Morgan fingerprint density at radius 2 is 1.54 bits per heavy atom. The number of aliphatic hydroxyl groups excluding tert-OH is 1. The average Bonchev–Trinajstić information content (AvgIpc) is 2.69. The van der Waals surface area contributed by atoms with Crippen molar-refractivity contribution in [3.05, 3.63) is 53.6 Å². The molecule has 0 aromatic heterocycles. The van der Waals surface area contributed by atoms with Gasteiger partial charge in [-0.3, -0.25) is 4.79 Å². The van der Waals surface area contributed by atoms with Gasteiger partial charge in [0, 0.05) is 23.8 Å². The van der Waals surface area contributed by atoms with Crippen molar-refractivity contribution in [1.82, 2.24) is 0 Å². The van der Waals surface area contributed by atoms with Gasteiger partial charge in [0.05, 0.1) is 14.2 Å². The van der Waals surface area contributed by atoms with Crippen molar-refractivity contribution in [3.8, 4) is 17.2 Å². The fourth-order valence-corrected chi connectivity index (χ4v) is 2.44. The van der Waals surface area contributed by atoms with Gasteiger partial charge in [-0.1, -0.05) is 24.3 Å². The van der Waals surface area contributed by atoms with Crippen LogP contribution in [0.1, 0.15) is 23.5 Å². The van der Waals surface area contributed by atoms with Gasteiger partial charge in [-0.15, -0.1) is 0 Å². The van der Waals surface area contributed by atoms with E-state index in [1.807, 2.05) is 0 Å². The number of primary amides is 1. The predicted octanol–water partition coefficient (Wildman–Crippen LogP) is 1.40. The zero-order chi connectivity index (χ0) is 20.7. The number of benzene rings is 2. The molecule has 4 N–H and O–H groups in total. The molecule has 0 bridgehead atoms. The summed E-state index contributed by atoms with van der Waals surface area (Å²) in [5.41, 5.74) is 5.58. The smallest absolute Gasteiger partial charge is 0.329 e. The van der Waals surface area contributed by atoms with Crippen molar-refractivity contribution in [2.24, 2.45) is 5.73 Å². The van der Waals surface area contributed by atoms with Gasteiger partial charge in [0.2, 0.25) is 6.29 Å². The van der Waals surface area contributed by atoms with E-state index < -0.39 is 30.9 Å². The lowest BCUT2D eigenvalue weighted by atomic mass is 10.0. The Morgan fingerprint density at radius 1 is 1.00 bits per heavy atom. The molecule has 150 valence electrons. The largest absolute Gasteiger partial charge is 0.496 e. The van der Waals surface area contributed by atoms with Gasteiger partial charge >= 0.3 is 5.97 Å². The average molecular weight is 391 g/mol. The standard InChI is InChI=1S/C19H21NO8/c1-25-11-7-12(26-2)9-13(8-11)28-19(27-10-16(21)22)15-6-4-3-5-14(15)17(23)18(20)24/h3-9,17,19,23H,10H2,1-2H3,(H2,20,24)(H,21,22). The van der Waals surface area contributed by atoms with Crippen LogP contribution in [0.25, 0.3) is 0 Å². The molecule has 9 heteroatoms. The molecule has 1 amide bonds. The number of rotatable bonds is 10. The first-order chi connectivity index (χ1) is 13.3. The second-order valence-electron chi connectivity index (χ2n) is 5.64. The van der Waals surface area contributed by atoms with Crippen LogP contribution >= 0.6 is 0 Å². The van der Waals surface area contributed by atoms with Crippen molar-refractivity contribution >= 4 is 11.9 Å². The number of hydrogen-bond acceptors (Lipinski definition) is 7. The second kappa shape index (κ2) is 9.58. The lowest BCUT2D eigenvalue weighted by Crippen LogP contribution is -2.24. The van der Waals surface area contributed by atoms with E-state index >= 15 is 0 Å². The van der Waals surface area contributed by atoms with Crippen LogP contribution in [0.15, 0.2) is 42.5 Å². The molecule has 0 aliphatic heterocycles. The number of aliphatic carboxylic acids is 1. The number of carbonyl (C=O) groups is 2. The maximum Gasteiger partial charge on any atom is 0.329 e. The quantitative estimate of drug-likeness (QED) is 0.517. The lowest BCUT2D eigenvalue weighted by molar-refractivity contribution is -0.154. The molecule has 0 heterocycles. The Kier molecular flexibility index (Phi) is 7.19. The first-order valence-electron chi connectivity index (χ1n) is 8.15. The van der Waals surface area contributed by atoms with E-state index in [0.717, 1.165) is 0 Å². The highest BCUT2D eigenvalue weighted by molar-refractivity contribution is 5.80. The first-order valence-corrected chi connectivity index (χ1v) is 8.15. The number of carboxylic acids is 1. The summed E-state index contributed by atoms with van der Waals surface area (Å²) in [4.78, 5) is 22.4. The third-order valence-corrected chi connectivity index (χ3v) is 3.74. The fourth-order valence-electron chi connectivity index (χ4n) is 2.44. The fraction of sp³-hybridized carbons (Fsp3) is 0.263. The highest BCUT2D eigenvalue weighted by Gasteiger charge is 2.25. The summed E-state index contributed by atoms with van der Waals surface area (Å²) in [6.07, 6.45) is -2.87. The third-order valence-electron chi connectivity index (χ3n) is 3.74. The summed E-state index contributed by atoms with van der Waals surface area (Å²) in [6.45, 7) is -0.674. The molecule has 2 rings (SSSR count). The van der Waals surface area contributed by atoms with Crippen LogP contribution in [0.3, 0.4) is 0 Å². The van der Waals surface area contributed by atoms with Gasteiger partial charge in [0.25, 0.3) is 5.91 Å². The monoisotopic (exact) mass is 391 g/mol. The summed E-state index contributed by atoms with van der Waals surface area (Å²) in [5, 5.41) is 19.1. The van der Waals surface area contributed by atoms with E-state index in [9.17, 15) is 14.7 Å². The van der Waals surface area contributed by atoms with Crippen LogP contribution in [0.5, 0.6) is 17.2 Å². The number of amides is 1. The minimum absolute atomic E-state index is 0.139. The van der Waals surface area contributed by atoms with Crippen molar-refractivity contribution < 1.29 is 38.7 Å². The molecule has 0 fully saturated rings. The van der Waals surface area contributed by atoms with Gasteiger partial charge in [-0.05, 0) is 5.56 Å². The number of nitrogens with two attached hydrogens (primary N) is 1. The molecule has 0 aliphatic rings. The Hall–Kier alpha value is -3.30. The summed E-state index contributed by atoms with van der Waals surface area (Å²) in [5.74, 6) is -1.04. The highest BCUT2D eigenvalue weighted by atomic mass is 16.7. The molecule has 2 aromatic rings. The number of methoxy groups -OCH3 is 2. The van der Waals surface area contributed by atoms with Crippen molar-refractivity contribution in [3.63, 3.8) is 0 Å². The van der Waals surface area contributed by atoms with Gasteiger partial charge in [-0.25, -0.2) is 4.79 Å². The van der Waals surface area contributed by atoms with Crippen LogP contribution in [-0.4, -0.2) is 42.9 Å². The Balaban J connectivity index is 2.44. The highest BCUT2D eigenvalue weighted by Crippen LogP contribution is 2.33. The number of carbonyl (C=O) groups excluding carboxylic acids is 1. The Bertz CT molecular complexity index is 816. The van der Waals surface area contributed by atoms with Gasteiger partial charge in [0.15, 0.2) is 6.10 Å². The predicted molar refractivity (Wildman–Crippen MR) is 97.1 cm³/mol. The van der Waals surface area contributed by atoms with Gasteiger partial charge in [0.1, 0.15) is 23.9 Å². The van der Waals surface area contributed by atoms with Crippen molar-refractivity contribution in [1.29, 1.82) is 0 Å². The molecular formula is C19H21NO8. The zero-order valence-corrected chi connectivity index (χ0v) is 15.3. The molecule has 28 heavy (non-hydrogen) atoms. The topological polar surface area (TPSA) is 138 Å². The zero-order valence-electron chi connectivity index (χ0n) is 15.3. The van der Waals surface area contributed by atoms with Crippen LogP contribution < -0.4 is 19.9 Å². The normalized spacial score (nSPS) is 12.7. The maximum atomic E-state index is 11.4. The van der Waals surface area contributed by atoms with E-state index in [0.29, 0.717) is 11.5 Å². The maximum absolute atomic E-state index is 11.4. The number of hydrogen-bond donors (Lipinski definition) is 3. The molecule has 2 aromatic carbocycles. The number of carboxylic acid groups (broad SMARTS) is 1. The van der Waals surface area contributed by atoms with E-state index in [-0.39, 0.29) is 16.9 Å². The second-order valence-corrected chi connectivity index (χ2v) is 5.64. The van der Waals surface area contributed by atoms with Crippen LogP contribution in [-0.2, 0) is 14.3 Å². The van der Waals surface area contributed by atoms with Gasteiger partial charge in [-0.2, -0.15) is 0 Å². The number of aliphatic hydroxyl groups is 1. The molecule has 9 nitrogen and oxygen atoms in total. The number of ether oxygens (including phenoxy) is 4. The molecule has 0 saturated heterocycles. The van der Waals surface area contributed by atoms with E-state index in [1.54, 1.807) is 30.3 Å². The third kappa shape index (κ3) is 5.35. The van der Waals surface area contributed by atoms with Crippen LogP contribution in [0, 0.1) is 0 Å².